The number of carbonyl (C=O) groups is 3. The van der Waals surface area contributed by atoms with E-state index in [4.69, 9.17) is 10.2 Å². The first kappa shape index (κ1) is 19.5. The molecule has 3 N–H and O–H groups in total. The molecule has 3 heterocycles. The third-order valence-electron chi connectivity index (χ3n) is 4.56. The summed E-state index contributed by atoms with van der Waals surface area (Å²) in [6.45, 7) is 0. The number of pyridine rings is 1. The predicted octanol–water partition coefficient (Wildman–Crippen LogP) is 2.35. The second-order valence-electron chi connectivity index (χ2n) is 6.50. The number of aromatic nitrogens is 2. The summed E-state index contributed by atoms with van der Waals surface area (Å²) in [6, 6.07) is 11.5. The summed E-state index contributed by atoms with van der Waals surface area (Å²) in [6.07, 6.45) is 4.58. The maximum absolute atomic E-state index is 12.9. The smallest absolute Gasteiger partial charge is 0.287 e. The number of nitrogens with one attached hydrogen (secondary N) is 1. The van der Waals surface area contributed by atoms with Gasteiger partial charge in [-0.15, -0.1) is 0 Å². The lowest BCUT2D eigenvalue weighted by molar-refractivity contribution is -0.137. The van der Waals surface area contributed by atoms with Gasteiger partial charge in [0.25, 0.3) is 11.8 Å². The van der Waals surface area contributed by atoms with Gasteiger partial charge in [0.05, 0.1) is 28.6 Å². The number of primary amides is 1. The normalized spacial score (nSPS) is 11.9. The molecule has 1 unspecified atom stereocenters. The number of ketones is 1. The van der Waals surface area contributed by atoms with Crippen molar-refractivity contribution < 1.29 is 18.8 Å². The van der Waals surface area contributed by atoms with E-state index in [1.807, 2.05) is 18.2 Å². The van der Waals surface area contributed by atoms with E-state index < -0.39 is 23.6 Å². The Balaban J connectivity index is 1.62. The molecular formula is C21H16N4O4S. The number of fused-ring (bicyclic) bond motifs is 1. The summed E-state index contributed by atoms with van der Waals surface area (Å²) in [4.78, 5) is 41.7. The first-order valence-corrected chi connectivity index (χ1v) is 9.77. The monoisotopic (exact) mass is 420 g/mol. The van der Waals surface area contributed by atoms with E-state index in [0.717, 1.165) is 16.9 Å². The molecule has 0 bridgehead atoms. The minimum Gasteiger partial charge on any atom is -0.464 e. The number of rotatable bonds is 7. The topological polar surface area (TPSA) is 128 Å². The highest BCUT2D eigenvalue weighted by Gasteiger charge is 2.28. The largest absolute Gasteiger partial charge is 0.464 e. The molecule has 4 rings (SSSR count). The third-order valence-corrected chi connectivity index (χ3v) is 5.38. The van der Waals surface area contributed by atoms with Crippen LogP contribution in [-0.4, -0.2) is 33.0 Å². The van der Waals surface area contributed by atoms with Crippen molar-refractivity contribution in [2.24, 2.45) is 5.73 Å². The lowest BCUT2D eigenvalue weighted by Gasteiger charge is -2.15. The van der Waals surface area contributed by atoms with Gasteiger partial charge in [0.1, 0.15) is 11.6 Å². The molecule has 4 aromatic rings. The number of hydrogen-bond acceptors (Lipinski definition) is 7. The summed E-state index contributed by atoms with van der Waals surface area (Å²) in [5.41, 5.74) is 7.38. The van der Waals surface area contributed by atoms with Crippen molar-refractivity contribution in [2.75, 3.05) is 0 Å². The molecule has 150 valence electrons. The molecule has 30 heavy (non-hydrogen) atoms. The lowest BCUT2D eigenvalue weighted by atomic mass is 10.0. The number of nitrogens with two attached hydrogens (primary N) is 1. The molecule has 0 radical (unpaired) electrons. The van der Waals surface area contributed by atoms with Gasteiger partial charge in [0, 0.05) is 23.6 Å². The molecule has 2 amide bonds. The molecule has 0 spiro atoms. The Labute approximate surface area is 174 Å². The maximum Gasteiger partial charge on any atom is 0.287 e. The second-order valence-corrected chi connectivity index (χ2v) is 7.30. The van der Waals surface area contributed by atoms with Gasteiger partial charge in [-0.05, 0) is 29.7 Å². The molecule has 1 aromatic carbocycles. The van der Waals surface area contributed by atoms with Crippen LogP contribution < -0.4 is 11.1 Å². The van der Waals surface area contributed by atoms with Crippen LogP contribution in [-0.2, 0) is 16.0 Å². The van der Waals surface area contributed by atoms with Crippen LogP contribution in [0.2, 0.25) is 0 Å². The molecule has 0 aliphatic carbocycles. The van der Waals surface area contributed by atoms with E-state index in [-0.39, 0.29) is 12.0 Å². The zero-order chi connectivity index (χ0) is 21.1. The number of hydrogen-bond donors (Lipinski definition) is 2. The van der Waals surface area contributed by atoms with E-state index in [0.29, 0.717) is 21.7 Å². The lowest BCUT2D eigenvalue weighted by Crippen LogP contribution is -2.47. The van der Waals surface area contributed by atoms with Crippen LogP contribution in [0.1, 0.15) is 15.9 Å². The number of furan rings is 1. The number of nitrogens with zero attached hydrogens (tertiary/aromatic N) is 2. The Morgan fingerprint density at radius 1 is 1.13 bits per heavy atom. The first-order chi connectivity index (χ1) is 14.5. The van der Waals surface area contributed by atoms with Crippen molar-refractivity contribution in [1.82, 2.24) is 14.7 Å². The molecule has 0 fully saturated rings. The summed E-state index contributed by atoms with van der Waals surface area (Å²) in [5.74, 6) is -2.56. The maximum atomic E-state index is 12.9. The number of amides is 2. The fourth-order valence-electron chi connectivity index (χ4n) is 3.11. The Kier molecular flexibility index (Phi) is 5.36. The van der Waals surface area contributed by atoms with E-state index in [2.05, 4.69) is 14.7 Å². The SMILES string of the molecule is NC(=O)C(=O)C(Cc1coc2ccccc12)NC(=O)c1cnsc1-c1ccccn1. The van der Waals surface area contributed by atoms with E-state index in [9.17, 15) is 14.4 Å². The summed E-state index contributed by atoms with van der Waals surface area (Å²) < 4.78 is 9.56. The molecule has 1 atom stereocenters. The summed E-state index contributed by atoms with van der Waals surface area (Å²) in [5, 5.41) is 3.41. The average molecular weight is 420 g/mol. The Morgan fingerprint density at radius 3 is 2.70 bits per heavy atom. The third kappa shape index (κ3) is 3.83. The van der Waals surface area contributed by atoms with Crippen molar-refractivity contribution in [3.8, 4) is 10.6 Å². The van der Waals surface area contributed by atoms with Gasteiger partial charge >= 0.3 is 0 Å². The quantitative estimate of drug-likeness (QED) is 0.442. The van der Waals surface area contributed by atoms with Crippen molar-refractivity contribution in [3.63, 3.8) is 0 Å². The number of para-hydroxylation sites is 1. The zero-order valence-corrected chi connectivity index (χ0v) is 16.4. The highest BCUT2D eigenvalue weighted by Crippen LogP contribution is 2.26. The van der Waals surface area contributed by atoms with Crippen molar-refractivity contribution in [1.29, 1.82) is 0 Å². The van der Waals surface area contributed by atoms with Gasteiger partial charge in [-0.3, -0.25) is 19.4 Å². The van der Waals surface area contributed by atoms with Crippen LogP contribution >= 0.6 is 11.5 Å². The molecule has 9 heteroatoms. The highest BCUT2D eigenvalue weighted by atomic mass is 32.1. The van der Waals surface area contributed by atoms with Gasteiger partial charge in [0.15, 0.2) is 0 Å². The van der Waals surface area contributed by atoms with Gasteiger partial charge < -0.3 is 15.5 Å². The minimum atomic E-state index is -1.15. The van der Waals surface area contributed by atoms with Crippen LogP contribution in [0.25, 0.3) is 21.5 Å². The summed E-state index contributed by atoms with van der Waals surface area (Å²) in [7, 11) is 0. The van der Waals surface area contributed by atoms with Crippen LogP contribution in [0, 0.1) is 0 Å². The Bertz CT molecular complexity index is 1230. The second kappa shape index (κ2) is 8.26. The van der Waals surface area contributed by atoms with E-state index in [1.165, 1.54) is 12.5 Å². The van der Waals surface area contributed by atoms with Crippen molar-refractivity contribution in [3.05, 3.63) is 72.2 Å². The fourth-order valence-corrected chi connectivity index (χ4v) is 3.83. The summed E-state index contributed by atoms with van der Waals surface area (Å²) >= 11 is 1.12. The number of carbonyl (C=O) groups excluding carboxylic acids is 3. The molecule has 0 aliphatic heterocycles. The van der Waals surface area contributed by atoms with Crippen LogP contribution in [0.3, 0.4) is 0 Å². The van der Waals surface area contributed by atoms with Crippen molar-refractivity contribution in [2.45, 2.75) is 12.5 Å². The molecule has 0 saturated heterocycles. The van der Waals surface area contributed by atoms with Gasteiger partial charge in [-0.25, -0.2) is 0 Å². The molecule has 0 saturated carbocycles. The van der Waals surface area contributed by atoms with Crippen LogP contribution in [0.5, 0.6) is 0 Å². The fraction of sp³-hybridized carbons (Fsp3) is 0.0952. The average Bonchev–Trinajstić information content (AvgIpc) is 3.41. The predicted molar refractivity (Wildman–Crippen MR) is 111 cm³/mol. The number of Topliss-reactive ketones (excluding diaryl/α,β-unsaturated/α-hetero) is 1. The van der Waals surface area contributed by atoms with E-state index >= 15 is 0 Å². The number of benzene rings is 1. The molecule has 8 nitrogen and oxygen atoms in total. The Hall–Kier alpha value is -3.85. The standard InChI is InChI=1S/C21H16N4O4S/c22-20(27)18(26)16(9-12-11-29-17-7-2-1-5-13(12)17)25-21(28)14-10-24-30-19(14)15-6-3-4-8-23-15/h1-8,10-11,16H,9H2,(H2,22,27)(H,25,28). The van der Waals surface area contributed by atoms with Gasteiger partial charge in [-0.2, -0.15) is 4.37 Å². The highest BCUT2D eigenvalue weighted by molar-refractivity contribution is 7.10. The Morgan fingerprint density at radius 2 is 1.93 bits per heavy atom. The van der Waals surface area contributed by atoms with Crippen molar-refractivity contribution >= 4 is 40.1 Å². The van der Waals surface area contributed by atoms with Gasteiger partial charge in [-0.1, -0.05) is 24.3 Å². The first-order valence-electron chi connectivity index (χ1n) is 9.00. The van der Waals surface area contributed by atoms with Crippen LogP contribution in [0.4, 0.5) is 0 Å². The molecule has 3 aromatic heterocycles. The molecular weight excluding hydrogens is 404 g/mol. The molecule has 0 aliphatic rings. The van der Waals surface area contributed by atoms with Gasteiger partial charge in [0.2, 0.25) is 5.78 Å². The minimum absolute atomic E-state index is 0.0566. The zero-order valence-electron chi connectivity index (χ0n) is 15.6. The van der Waals surface area contributed by atoms with E-state index in [1.54, 1.807) is 30.5 Å². The van der Waals surface area contributed by atoms with Crippen LogP contribution in [0.15, 0.2) is 65.5 Å².